The predicted octanol–water partition coefficient (Wildman–Crippen LogP) is 0.948. The summed E-state index contributed by atoms with van der Waals surface area (Å²) in [5.74, 6) is -3.52. The van der Waals surface area contributed by atoms with Gasteiger partial charge in [-0.25, -0.2) is 0 Å². The molecule has 0 aromatic carbocycles. The summed E-state index contributed by atoms with van der Waals surface area (Å²) in [6, 6.07) is 0. The van der Waals surface area contributed by atoms with Crippen LogP contribution in [0, 0.1) is 34.0 Å². The molecule has 0 unspecified atom stereocenters. The number of ketones is 1. The van der Waals surface area contributed by atoms with Crippen molar-refractivity contribution < 1.29 is 34.4 Å². The maximum atomic E-state index is 13.4. The molecule has 0 aromatic heterocycles. The summed E-state index contributed by atoms with van der Waals surface area (Å²) >= 11 is 0. The molecular weight excluding hydrogens is 376 g/mol. The summed E-state index contributed by atoms with van der Waals surface area (Å²) in [5.41, 5.74) is -2.27. The Balaban J connectivity index is 1.69. The Hall–Kier alpha value is -1.28. The molecule has 9 atom stereocenters. The molecule has 4 saturated carbocycles. The Morgan fingerprint density at radius 1 is 1.31 bits per heavy atom. The van der Waals surface area contributed by atoms with E-state index in [0.717, 1.165) is 6.42 Å². The molecule has 4 aliphatic carbocycles. The maximum absolute atomic E-state index is 13.4. The number of rotatable bonds is 2. The molecule has 6 rings (SSSR count). The fourth-order valence-corrected chi connectivity index (χ4v) is 8.08. The third kappa shape index (κ3) is 1.98. The number of aliphatic hydroxyl groups is 3. The molecule has 2 aliphatic heterocycles. The zero-order chi connectivity index (χ0) is 21.0. The average Bonchev–Trinajstić information content (AvgIpc) is 2.87. The molecule has 2 heterocycles. The topological polar surface area (TPSA) is 113 Å². The van der Waals surface area contributed by atoms with E-state index in [1.165, 1.54) is 6.92 Å². The van der Waals surface area contributed by atoms with Crippen LogP contribution >= 0.6 is 0 Å². The fourth-order valence-electron chi connectivity index (χ4n) is 8.08. The quantitative estimate of drug-likeness (QED) is 0.462. The maximum Gasteiger partial charge on any atom is 0.302 e. The zero-order valence-corrected chi connectivity index (χ0v) is 17.0. The molecule has 2 spiro atoms. The van der Waals surface area contributed by atoms with E-state index in [1.807, 2.05) is 6.92 Å². The van der Waals surface area contributed by atoms with Crippen LogP contribution in [0.5, 0.6) is 0 Å². The molecule has 6 aliphatic rings. The van der Waals surface area contributed by atoms with Crippen LogP contribution in [-0.4, -0.2) is 58.3 Å². The van der Waals surface area contributed by atoms with E-state index in [2.05, 4.69) is 6.58 Å². The minimum Gasteiger partial charge on any atom is -0.465 e. The number of allylic oxidation sites excluding steroid dienone is 1. The molecule has 6 fully saturated rings. The highest BCUT2D eigenvalue weighted by Gasteiger charge is 2.84. The summed E-state index contributed by atoms with van der Waals surface area (Å²) in [6.45, 7) is 7.44. The Morgan fingerprint density at radius 3 is 2.72 bits per heavy atom. The highest BCUT2D eigenvalue weighted by molar-refractivity contribution is 6.04. The van der Waals surface area contributed by atoms with Crippen LogP contribution in [0.2, 0.25) is 0 Å². The molecule has 160 valence electrons. The first-order valence-electron chi connectivity index (χ1n) is 10.6. The lowest BCUT2D eigenvalue weighted by atomic mass is 9.36. The number of aliphatic hydroxyl groups excluding tert-OH is 2. The van der Waals surface area contributed by atoms with Crippen LogP contribution in [0.1, 0.15) is 46.0 Å². The zero-order valence-electron chi connectivity index (χ0n) is 17.0. The smallest absolute Gasteiger partial charge is 0.302 e. The van der Waals surface area contributed by atoms with Gasteiger partial charge in [-0.2, -0.15) is 0 Å². The molecule has 0 radical (unpaired) electrons. The Bertz CT molecular complexity index is 809. The molecule has 0 amide bonds. The van der Waals surface area contributed by atoms with Gasteiger partial charge in [-0.15, -0.1) is 0 Å². The molecule has 3 N–H and O–H groups in total. The number of fused-ring (bicyclic) bond motifs is 2. The third-order valence-electron chi connectivity index (χ3n) is 9.25. The Kier molecular flexibility index (Phi) is 3.86. The van der Waals surface area contributed by atoms with Gasteiger partial charge < -0.3 is 24.8 Å². The van der Waals surface area contributed by atoms with Crippen molar-refractivity contribution in [2.45, 2.75) is 63.9 Å². The summed E-state index contributed by atoms with van der Waals surface area (Å²) in [4.78, 5) is 24.9. The number of hydrogen-bond acceptors (Lipinski definition) is 7. The van der Waals surface area contributed by atoms with E-state index in [4.69, 9.17) is 9.47 Å². The van der Waals surface area contributed by atoms with Gasteiger partial charge in [0.05, 0.1) is 24.7 Å². The number of esters is 1. The molecular formula is C22H30O7. The number of carbonyl (C=O) groups excluding carboxylic acids is 2. The van der Waals surface area contributed by atoms with Crippen molar-refractivity contribution in [3.63, 3.8) is 0 Å². The van der Waals surface area contributed by atoms with Gasteiger partial charge in [-0.3, -0.25) is 9.59 Å². The van der Waals surface area contributed by atoms with Gasteiger partial charge in [-0.05, 0) is 49.5 Å². The van der Waals surface area contributed by atoms with Gasteiger partial charge in [0, 0.05) is 23.7 Å². The molecule has 7 nitrogen and oxygen atoms in total. The van der Waals surface area contributed by atoms with Crippen LogP contribution in [0.3, 0.4) is 0 Å². The van der Waals surface area contributed by atoms with Crippen molar-refractivity contribution in [2.75, 3.05) is 13.2 Å². The molecule has 7 heteroatoms. The summed E-state index contributed by atoms with van der Waals surface area (Å²) in [5, 5.41) is 34.6. The fraction of sp³-hybridized carbons (Fsp3) is 0.818. The monoisotopic (exact) mass is 406 g/mol. The second-order valence-corrected chi connectivity index (χ2v) is 10.4. The highest BCUT2D eigenvalue weighted by atomic mass is 16.6. The number of carbonyl (C=O) groups is 2. The number of ether oxygens (including phenoxy) is 2. The van der Waals surface area contributed by atoms with Crippen molar-refractivity contribution in [1.82, 2.24) is 0 Å². The van der Waals surface area contributed by atoms with Crippen LogP contribution in [0.25, 0.3) is 0 Å². The van der Waals surface area contributed by atoms with E-state index in [0.29, 0.717) is 31.3 Å². The van der Waals surface area contributed by atoms with Crippen LogP contribution in [-0.2, 0) is 19.1 Å². The van der Waals surface area contributed by atoms with E-state index in [-0.39, 0.29) is 30.8 Å². The number of hydrogen-bond donors (Lipinski definition) is 3. The molecule has 29 heavy (non-hydrogen) atoms. The van der Waals surface area contributed by atoms with Gasteiger partial charge in [0.2, 0.25) is 5.79 Å². The first-order chi connectivity index (χ1) is 13.5. The van der Waals surface area contributed by atoms with Crippen LogP contribution in [0.15, 0.2) is 12.2 Å². The second-order valence-electron chi connectivity index (χ2n) is 10.4. The Labute approximate surface area is 170 Å². The van der Waals surface area contributed by atoms with Crippen molar-refractivity contribution in [3.8, 4) is 0 Å². The lowest BCUT2D eigenvalue weighted by Crippen LogP contribution is -2.84. The van der Waals surface area contributed by atoms with E-state index in [9.17, 15) is 24.9 Å². The highest BCUT2D eigenvalue weighted by Crippen LogP contribution is 2.76. The van der Waals surface area contributed by atoms with Gasteiger partial charge in [0.25, 0.3) is 0 Å². The van der Waals surface area contributed by atoms with Gasteiger partial charge in [0.15, 0.2) is 5.78 Å². The van der Waals surface area contributed by atoms with Gasteiger partial charge in [0.1, 0.15) is 6.10 Å². The second kappa shape index (κ2) is 5.69. The first-order valence-corrected chi connectivity index (χ1v) is 10.6. The third-order valence-corrected chi connectivity index (χ3v) is 9.25. The van der Waals surface area contributed by atoms with Crippen molar-refractivity contribution in [3.05, 3.63) is 12.2 Å². The lowest BCUT2D eigenvalue weighted by Gasteiger charge is -2.74. The predicted molar refractivity (Wildman–Crippen MR) is 100 cm³/mol. The summed E-state index contributed by atoms with van der Waals surface area (Å²) in [7, 11) is 0. The minimum absolute atomic E-state index is 0.0130. The summed E-state index contributed by atoms with van der Waals surface area (Å²) < 4.78 is 11.3. The van der Waals surface area contributed by atoms with Crippen molar-refractivity contribution in [2.24, 2.45) is 34.0 Å². The van der Waals surface area contributed by atoms with Gasteiger partial charge in [-0.1, -0.05) is 13.5 Å². The summed E-state index contributed by atoms with van der Waals surface area (Å²) in [6.07, 6.45) is 0.743. The van der Waals surface area contributed by atoms with E-state index in [1.54, 1.807) is 0 Å². The standard InChI is InChI=1S/C22H30O7/c1-11-13-4-5-14-20-10-29-22(27,21(14,8-13)17(11)25)18(26)16(20)19(3,7-6-15(20)24)9-28-12(2)23/h13-16,18,24,26-27H,1,4-10H2,2-3H3/t13-,14+,15-,16-,18+,19+,20-,21+,22+/m1/s1. The first kappa shape index (κ1) is 19.7. The molecule has 0 aromatic rings. The van der Waals surface area contributed by atoms with E-state index < -0.39 is 46.1 Å². The minimum atomic E-state index is -2.02. The van der Waals surface area contributed by atoms with Gasteiger partial charge >= 0.3 is 5.97 Å². The van der Waals surface area contributed by atoms with E-state index >= 15 is 0 Å². The largest absolute Gasteiger partial charge is 0.465 e. The SMILES string of the molecule is C=C1C(=O)[C@]23C[C@H]1CC[C@H]2[C@@]12CO[C@@]3(O)[C@@H](O)[C@@H]1[C@](C)(COC(C)=O)CC[C@H]2O. The van der Waals surface area contributed by atoms with Crippen LogP contribution < -0.4 is 0 Å². The average molecular weight is 406 g/mol. The Morgan fingerprint density at radius 2 is 2.03 bits per heavy atom. The molecule has 2 saturated heterocycles. The van der Waals surface area contributed by atoms with Crippen molar-refractivity contribution in [1.29, 1.82) is 0 Å². The lowest BCUT2D eigenvalue weighted by molar-refractivity contribution is -0.450. The molecule has 4 bridgehead atoms. The van der Waals surface area contributed by atoms with Crippen molar-refractivity contribution >= 4 is 11.8 Å². The van der Waals surface area contributed by atoms with Crippen LogP contribution in [0.4, 0.5) is 0 Å². The normalized spacial score (nSPS) is 55.4. The number of Topliss-reactive ketones (excluding diaryl/α,β-unsaturated/α-hetero) is 1.